The number of carbonyl (C=O) groups is 2. The molecule has 0 bridgehead atoms. The highest BCUT2D eigenvalue weighted by molar-refractivity contribution is 7.89. The molecule has 0 N–H and O–H groups in total. The van der Waals surface area contributed by atoms with Crippen LogP contribution in [0.2, 0.25) is 0 Å². The minimum absolute atomic E-state index is 0.0405. The Balaban J connectivity index is 1.29. The number of hydrogen-bond acceptors (Lipinski definition) is 4. The van der Waals surface area contributed by atoms with Crippen molar-refractivity contribution in [1.29, 1.82) is 0 Å². The van der Waals surface area contributed by atoms with Gasteiger partial charge in [0.15, 0.2) is 0 Å². The van der Waals surface area contributed by atoms with Crippen molar-refractivity contribution in [2.45, 2.75) is 56.3 Å². The maximum Gasteiger partial charge on any atom is 0.243 e. The van der Waals surface area contributed by atoms with Gasteiger partial charge < -0.3 is 9.80 Å². The maximum absolute atomic E-state index is 12.8. The number of likely N-dealkylation sites (tertiary alicyclic amines) is 2. The monoisotopic (exact) mass is 447 g/mol. The van der Waals surface area contributed by atoms with Crippen LogP contribution in [0.4, 0.5) is 0 Å². The zero-order valence-electron chi connectivity index (χ0n) is 18.2. The summed E-state index contributed by atoms with van der Waals surface area (Å²) in [6.07, 6.45) is 6.81. The first-order chi connectivity index (χ1) is 14.9. The number of sulfonamides is 1. The van der Waals surface area contributed by atoms with Gasteiger partial charge in [0.25, 0.3) is 0 Å². The predicted molar refractivity (Wildman–Crippen MR) is 118 cm³/mol. The molecular weight excluding hydrogens is 414 g/mol. The van der Waals surface area contributed by atoms with Crippen LogP contribution in [-0.4, -0.2) is 73.6 Å². The second kappa shape index (κ2) is 9.69. The zero-order valence-corrected chi connectivity index (χ0v) is 19.0. The van der Waals surface area contributed by atoms with E-state index in [9.17, 15) is 18.0 Å². The molecule has 3 aliphatic heterocycles. The van der Waals surface area contributed by atoms with E-state index in [0.717, 1.165) is 63.6 Å². The van der Waals surface area contributed by atoms with E-state index in [1.54, 1.807) is 28.6 Å². The summed E-state index contributed by atoms with van der Waals surface area (Å²) in [5.41, 5.74) is 0.817. The lowest BCUT2D eigenvalue weighted by molar-refractivity contribution is -0.139. The fourth-order valence-electron chi connectivity index (χ4n) is 4.89. The van der Waals surface area contributed by atoms with E-state index >= 15 is 0 Å². The van der Waals surface area contributed by atoms with Crippen molar-refractivity contribution in [3.63, 3.8) is 0 Å². The van der Waals surface area contributed by atoms with Crippen molar-refractivity contribution in [3.8, 4) is 0 Å². The SMILES string of the molecule is O=C(Cc1ccc(S(=O)(=O)N2CCCCC2)cc1)N1CCC(C(=O)N2CCCC2)CC1. The van der Waals surface area contributed by atoms with Crippen LogP contribution in [-0.2, 0) is 26.0 Å². The lowest BCUT2D eigenvalue weighted by atomic mass is 9.95. The first-order valence-corrected chi connectivity index (χ1v) is 13.0. The average Bonchev–Trinajstić information content (AvgIpc) is 3.35. The number of amides is 2. The van der Waals surface area contributed by atoms with E-state index in [1.165, 1.54) is 0 Å². The van der Waals surface area contributed by atoms with E-state index in [0.29, 0.717) is 31.1 Å². The number of rotatable bonds is 5. The number of nitrogens with zero attached hydrogens (tertiary/aromatic N) is 3. The maximum atomic E-state index is 12.8. The summed E-state index contributed by atoms with van der Waals surface area (Å²) in [5, 5.41) is 0. The molecule has 170 valence electrons. The van der Waals surface area contributed by atoms with Gasteiger partial charge in [-0.3, -0.25) is 9.59 Å². The Morgan fingerprint density at radius 3 is 1.97 bits per heavy atom. The van der Waals surface area contributed by atoms with Gasteiger partial charge in [0.2, 0.25) is 21.8 Å². The third kappa shape index (κ3) is 5.12. The third-order valence-electron chi connectivity index (χ3n) is 6.85. The van der Waals surface area contributed by atoms with E-state index in [1.807, 2.05) is 9.80 Å². The molecule has 31 heavy (non-hydrogen) atoms. The molecule has 0 saturated carbocycles. The molecule has 8 heteroatoms. The van der Waals surface area contributed by atoms with Crippen LogP contribution in [0.15, 0.2) is 29.2 Å². The summed E-state index contributed by atoms with van der Waals surface area (Å²) in [7, 11) is -3.45. The van der Waals surface area contributed by atoms with Crippen molar-refractivity contribution in [1.82, 2.24) is 14.1 Å². The number of benzene rings is 1. The number of piperidine rings is 2. The summed E-state index contributed by atoms with van der Waals surface area (Å²) in [6.45, 7) is 4.15. The Labute approximate surface area is 185 Å². The van der Waals surface area contributed by atoms with Crippen molar-refractivity contribution >= 4 is 21.8 Å². The van der Waals surface area contributed by atoms with Crippen LogP contribution in [0.25, 0.3) is 0 Å². The molecule has 7 nitrogen and oxygen atoms in total. The van der Waals surface area contributed by atoms with Crippen LogP contribution >= 0.6 is 0 Å². The van der Waals surface area contributed by atoms with Gasteiger partial charge in [-0.1, -0.05) is 18.6 Å². The molecule has 1 aromatic rings. The Hall–Kier alpha value is -1.93. The van der Waals surface area contributed by atoms with Crippen molar-refractivity contribution in [2.24, 2.45) is 5.92 Å². The summed E-state index contributed by atoms with van der Waals surface area (Å²) in [5.74, 6) is 0.343. The Kier molecular flexibility index (Phi) is 6.96. The fraction of sp³-hybridized carbons (Fsp3) is 0.652. The quantitative estimate of drug-likeness (QED) is 0.694. The minimum atomic E-state index is -3.45. The lowest BCUT2D eigenvalue weighted by Gasteiger charge is -2.33. The average molecular weight is 448 g/mol. The van der Waals surface area contributed by atoms with E-state index in [2.05, 4.69) is 0 Å². The molecule has 2 amide bonds. The van der Waals surface area contributed by atoms with E-state index in [4.69, 9.17) is 0 Å². The molecule has 0 spiro atoms. The number of carbonyl (C=O) groups excluding carboxylic acids is 2. The molecule has 3 aliphatic rings. The van der Waals surface area contributed by atoms with Gasteiger partial charge >= 0.3 is 0 Å². The topological polar surface area (TPSA) is 78.0 Å². The van der Waals surface area contributed by atoms with E-state index < -0.39 is 10.0 Å². The Bertz CT molecular complexity index is 880. The molecule has 0 aromatic heterocycles. The first kappa shape index (κ1) is 22.3. The standard InChI is InChI=1S/C23H33N3O4S/c27-22(24-16-10-20(11-17-24)23(28)25-12-4-5-13-25)18-19-6-8-21(9-7-19)31(29,30)26-14-2-1-3-15-26/h6-9,20H,1-5,10-18H2. The van der Waals surface area contributed by atoms with Crippen molar-refractivity contribution in [3.05, 3.63) is 29.8 Å². The van der Waals surface area contributed by atoms with Gasteiger partial charge in [0.1, 0.15) is 0 Å². The van der Waals surface area contributed by atoms with Crippen LogP contribution < -0.4 is 0 Å². The van der Waals surface area contributed by atoms with Gasteiger partial charge in [0.05, 0.1) is 11.3 Å². The minimum Gasteiger partial charge on any atom is -0.342 e. The largest absolute Gasteiger partial charge is 0.342 e. The molecule has 1 aromatic carbocycles. The molecule has 3 heterocycles. The second-order valence-corrected chi connectivity index (χ2v) is 10.9. The third-order valence-corrected chi connectivity index (χ3v) is 8.76. The molecule has 0 radical (unpaired) electrons. The van der Waals surface area contributed by atoms with Crippen LogP contribution in [0.5, 0.6) is 0 Å². The molecule has 3 saturated heterocycles. The molecule has 3 fully saturated rings. The van der Waals surface area contributed by atoms with Gasteiger partial charge in [-0.15, -0.1) is 0 Å². The van der Waals surface area contributed by atoms with E-state index in [-0.39, 0.29) is 24.2 Å². The summed E-state index contributed by atoms with van der Waals surface area (Å²) < 4.78 is 27.1. The summed E-state index contributed by atoms with van der Waals surface area (Å²) in [6, 6.07) is 6.73. The first-order valence-electron chi connectivity index (χ1n) is 11.6. The molecule has 0 aliphatic carbocycles. The number of hydrogen-bond donors (Lipinski definition) is 0. The lowest BCUT2D eigenvalue weighted by Crippen LogP contribution is -2.44. The predicted octanol–water partition coefficient (Wildman–Crippen LogP) is 2.26. The molecule has 0 atom stereocenters. The zero-order chi connectivity index (χ0) is 21.8. The highest BCUT2D eigenvalue weighted by atomic mass is 32.2. The smallest absolute Gasteiger partial charge is 0.243 e. The van der Waals surface area contributed by atoms with Gasteiger partial charge in [-0.25, -0.2) is 8.42 Å². The molecule has 0 unspecified atom stereocenters. The van der Waals surface area contributed by atoms with Crippen molar-refractivity contribution in [2.75, 3.05) is 39.3 Å². The summed E-state index contributed by atoms with van der Waals surface area (Å²) >= 11 is 0. The summed E-state index contributed by atoms with van der Waals surface area (Å²) in [4.78, 5) is 29.4. The fourth-order valence-corrected chi connectivity index (χ4v) is 6.41. The Morgan fingerprint density at radius 2 is 1.35 bits per heavy atom. The Morgan fingerprint density at radius 1 is 0.774 bits per heavy atom. The van der Waals surface area contributed by atoms with Crippen molar-refractivity contribution < 1.29 is 18.0 Å². The van der Waals surface area contributed by atoms with Gasteiger partial charge in [-0.2, -0.15) is 4.31 Å². The normalized spacial score (nSPS) is 21.4. The van der Waals surface area contributed by atoms with Gasteiger partial charge in [-0.05, 0) is 56.2 Å². The molecule has 4 rings (SSSR count). The van der Waals surface area contributed by atoms with Crippen LogP contribution in [0.1, 0.15) is 50.5 Å². The molecular formula is C23H33N3O4S. The second-order valence-electron chi connectivity index (χ2n) is 8.97. The van der Waals surface area contributed by atoms with Crippen LogP contribution in [0.3, 0.4) is 0 Å². The van der Waals surface area contributed by atoms with Gasteiger partial charge in [0, 0.05) is 45.2 Å². The van der Waals surface area contributed by atoms with Crippen LogP contribution in [0, 0.1) is 5.92 Å². The highest BCUT2D eigenvalue weighted by Crippen LogP contribution is 2.24. The highest BCUT2D eigenvalue weighted by Gasteiger charge is 2.31.